The molecule has 0 saturated carbocycles. The van der Waals surface area contributed by atoms with E-state index < -0.39 is 5.97 Å². The van der Waals surface area contributed by atoms with Gasteiger partial charge in [-0.1, -0.05) is 18.3 Å². The summed E-state index contributed by atoms with van der Waals surface area (Å²) in [6.07, 6.45) is 3.36. The Balaban J connectivity index is 1.94. The number of aromatic carboxylic acids is 1. The quantitative estimate of drug-likeness (QED) is 0.866. The number of piperidine rings is 1. The molecule has 2 heterocycles. The molecule has 0 bridgehead atoms. The van der Waals surface area contributed by atoms with Crippen LogP contribution in [0, 0.1) is 6.92 Å². The number of hydrogen-bond acceptors (Lipinski definition) is 5. The summed E-state index contributed by atoms with van der Waals surface area (Å²) in [5, 5.41) is 13.4. The van der Waals surface area contributed by atoms with Crippen LogP contribution in [0.3, 0.4) is 0 Å². The molecule has 1 fully saturated rings. The molecule has 0 spiro atoms. The predicted octanol–water partition coefficient (Wildman–Crippen LogP) is 2.12. The molecule has 5 nitrogen and oxygen atoms in total. The second kappa shape index (κ2) is 6.34. The molecule has 19 heavy (non-hydrogen) atoms. The minimum Gasteiger partial charge on any atom is -0.477 e. The Kier molecular flexibility index (Phi) is 4.76. The van der Waals surface area contributed by atoms with Gasteiger partial charge in [-0.2, -0.15) is 0 Å². The molecule has 2 N–H and O–H groups in total. The minimum atomic E-state index is -0.874. The van der Waals surface area contributed by atoms with Gasteiger partial charge in [0.2, 0.25) is 0 Å². The van der Waals surface area contributed by atoms with Crippen LogP contribution in [0.1, 0.15) is 41.6 Å². The van der Waals surface area contributed by atoms with Crippen molar-refractivity contribution in [1.82, 2.24) is 10.3 Å². The number of aromatic nitrogens is 1. The van der Waals surface area contributed by atoms with Crippen LogP contribution in [-0.4, -0.2) is 41.7 Å². The first-order valence-corrected chi connectivity index (χ1v) is 7.62. The highest BCUT2D eigenvalue weighted by Gasteiger charge is 2.23. The Morgan fingerprint density at radius 1 is 1.53 bits per heavy atom. The van der Waals surface area contributed by atoms with Gasteiger partial charge in [-0.15, -0.1) is 0 Å². The van der Waals surface area contributed by atoms with Crippen LogP contribution >= 0.6 is 11.3 Å². The van der Waals surface area contributed by atoms with E-state index in [1.165, 1.54) is 11.3 Å². The first kappa shape index (κ1) is 14.3. The summed E-state index contributed by atoms with van der Waals surface area (Å²) in [4.78, 5) is 18.0. The number of aryl methyl sites for hydroxylation is 1. The zero-order valence-electron chi connectivity index (χ0n) is 11.5. The fourth-order valence-corrected chi connectivity index (χ4v) is 3.30. The molecular weight excluding hydrogens is 262 g/mol. The van der Waals surface area contributed by atoms with E-state index in [4.69, 9.17) is 5.11 Å². The van der Waals surface area contributed by atoms with Crippen LogP contribution in [0.25, 0.3) is 0 Å². The summed E-state index contributed by atoms with van der Waals surface area (Å²) in [5.74, 6) is -0.874. The van der Waals surface area contributed by atoms with Crippen molar-refractivity contribution < 1.29 is 9.90 Å². The van der Waals surface area contributed by atoms with Gasteiger partial charge in [0.05, 0.1) is 5.69 Å². The molecule has 106 valence electrons. The molecule has 0 amide bonds. The van der Waals surface area contributed by atoms with Crippen LogP contribution in [0.2, 0.25) is 0 Å². The number of carboxylic acid groups (broad SMARTS) is 1. The number of rotatable bonds is 5. The lowest BCUT2D eigenvalue weighted by Crippen LogP contribution is -2.42. The van der Waals surface area contributed by atoms with E-state index in [0.717, 1.165) is 44.0 Å². The lowest BCUT2D eigenvalue weighted by molar-refractivity contribution is 0.0701. The maximum absolute atomic E-state index is 11.0. The highest BCUT2D eigenvalue weighted by Crippen LogP contribution is 2.28. The summed E-state index contributed by atoms with van der Waals surface area (Å²) in [5.41, 5.74) is 0.624. The highest BCUT2D eigenvalue weighted by molar-refractivity contribution is 7.17. The molecule has 1 aliphatic heterocycles. The molecule has 0 aliphatic carbocycles. The van der Waals surface area contributed by atoms with E-state index >= 15 is 0 Å². The number of nitrogens with zero attached hydrogens (tertiary/aromatic N) is 2. The molecule has 0 unspecified atom stereocenters. The Morgan fingerprint density at radius 3 is 2.74 bits per heavy atom. The van der Waals surface area contributed by atoms with Gasteiger partial charge in [0.15, 0.2) is 5.13 Å². The second-order valence-corrected chi connectivity index (χ2v) is 5.91. The molecule has 0 aromatic carbocycles. The topological polar surface area (TPSA) is 65.5 Å². The van der Waals surface area contributed by atoms with Crippen molar-refractivity contribution in [2.24, 2.45) is 0 Å². The number of anilines is 1. The summed E-state index contributed by atoms with van der Waals surface area (Å²) in [7, 11) is 0. The van der Waals surface area contributed by atoms with Crippen LogP contribution < -0.4 is 10.2 Å². The van der Waals surface area contributed by atoms with Crippen molar-refractivity contribution in [2.45, 2.75) is 39.2 Å². The smallest absolute Gasteiger partial charge is 0.347 e. The summed E-state index contributed by atoms with van der Waals surface area (Å²) < 4.78 is 0. The molecule has 6 heteroatoms. The fraction of sp³-hybridized carbons (Fsp3) is 0.692. The summed E-state index contributed by atoms with van der Waals surface area (Å²) >= 11 is 1.29. The lowest BCUT2D eigenvalue weighted by Gasteiger charge is -2.32. The van der Waals surface area contributed by atoms with Crippen LogP contribution in [0.4, 0.5) is 5.13 Å². The number of nitrogens with one attached hydrogen (secondary N) is 1. The van der Waals surface area contributed by atoms with Gasteiger partial charge in [-0.3, -0.25) is 0 Å². The van der Waals surface area contributed by atoms with E-state index in [0.29, 0.717) is 16.6 Å². The van der Waals surface area contributed by atoms with E-state index in [1.807, 2.05) is 0 Å². The number of thiazole rings is 1. The lowest BCUT2D eigenvalue weighted by atomic mass is 10.1. The third-order valence-electron chi connectivity index (χ3n) is 3.43. The van der Waals surface area contributed by atoms with Gasteiger partial charge in [-0.25, -0.2) is 9.78 Å². The Hall–Kier alpha value is -1.14. The van der Waals surface area contributed by atoms with E-state index in [-0.39, 0.29) is 0 Å². The molecule has 1 aliphatic rings. The second-order valence-electron chi connectivity index (χ2n) is 4.93. The normalized spacial score (nSPS) is 16.8. The number of hydrogen-bond donors (Lipinski definition) is 2. The maximum atomic E-state index is 11.0. The highest BCUT2D eigenvalue weighted by atomic mass is 32.1. The average Bonchev–Trinajstić information content (AvgIpc) is 2.79. The Labute approximate surface area is 117 Å². The predicted molar refractivity (Wildman–Crippen MR) is 77.3 cm³/mol. The molecule has 1 aromatic heterocycles. The number of carboxylic acids is 1. The van der Waals surface area contributed by atoms with E-state index in [1.54, 1.807) is 6.92 Å². The SMILES string of the molecule is CCCNC1CCN(c2nc(C)c(C(=O)O)s2)CC1. The summed E-state index contributed by atoms with van der Waals surface area (Å²) in [6, 6.07) is 0.594. The van der Waals surface area contributed by atoms with Gasteiger partial charge in [-0.05, 0) is 32.7 Å². The Bertz CT molecular complexity index is 439. The molecule has 1 saturated heterocycles. The largest absolute Gasteiger partial charge is 0.477 e. The van der Waals surface area contributed by atoms with Gasteiger partial charge in [0, 0.05) is 19.1 Å². The van der Waals surface area contributed by atoms with E-state index in [2.05, 4.69) is 22.1 Å². The van der Waals surface area contributed by atoms with E-state index in [9.17, 15) is 4.79 Å². The maximum Gasteiger partial charge on any atom is 0.347 e. The zero-order valence-corrected chi connectivity index (χ0v) is 12.3. The first-order chi connectivity index (χ1) is 9.11. The van der Waals surface area contributed by atoms with Crippen LogP contribution in [0.15, 0.2) is 0 Å². The third-order valence-corrected chi connectivity index (χ3v) is 4.63. The molecule has 0 atom stereocenters. The third kappa shape index (κ3) is 3.45. The van der Waals surface area contributed by atoms with Gasteiger partial charge in [0.25, 0.3) is 0 Å². The zero-order chi connectivity index (χ0) is 13.8. The molecular formula is C13H21N3O2S. The standard InChI is InChI=1S/C13H21N3O2S/c1-3-6-14-10-4-7-16(8-5-10)13-15-9(2)11(19-13)12(17)18/h10,14H,3-8H2,1-2H3,(H,17,18). The van der Waals surface area contributed by atoms with Gasteiger partial charge in [0.1, 0.15) is 4.88 Å². The molecule has 0 radical (unpaired) electrons. The monoisotopic (exact) mass is 283 g/mol. The number of carbonyl (C=O) groups is 1. The van der Waals surface area contributed by atoms with Crippen molar-refractivity contribution in [2.75, 3.05) is 24.5 Å². The van der Waals surface area contributed by atoms with Gasteiger partial charge < -0.3 is 15.3 Å². The fourth-order valence-electron chi connectivity index (χ4n) is 2.34. The van der Waals surface area contributed by atoms with Crippen LogP contribution in [-0.2, 0) is 0 Å². The Morgan fingerprint density at radius 2 is 2.21 bits per heavy atom. The van der Waals surface area contributed by atoms with Crippen molar-refractivity contribution in [3.63, 3.8) is 0 Å². The van der Waals surface area contributed by atoms with Crippen molar-refractivity contribution in [1.29, 1.82) is 0 Å². The van der Waals surface area contributed by atoms with Crippen molar-refractivity contribution in [3.8, 4) is 0 Å². The first-order valence-electron chi connectivity index (χ1n) is 6.81. The minimum absolute atomic E-state index is 0.362. The average molecular weight is 283 g/mol. The summed E-state index contributed by atoms with van der Waals surface area (Å²) in [6.45, 7) is 6.91. The molecule has 2 rings (SSSR count). The van der Waals surface area contributed by atoms with Crippen molar-refractivity contribution >= 4 is 22.4 Å². The van der Waals surface area contributed by atoms with Crippen molar-refractivity contribution in [3.05, 3.63) is 10.6 Å². The van der Waals surface area contributed by atoms with Crippen LogP contribution in [0.5, 0.6) is 0 Å². The van der Waals surface area contributed by atoms with Gasteiger partial charge >= 0.3 is 5.97 Å². The molecule has 1 aromatic rings.